The molecule has 2 atom stereocenters. The summed E-state index contributed by atoms with van der Waals surface area (Å²) >= 11 is 0. The number of hydrogen-bond acceptors (Lipinski definition) is 4. The van der Waals surface area contributed by atoms with Gasteiger partial charge in [-0.1, -0.05) is 146 Å². The third-order valence-electron chi connectivity index (χ3n) is 8.89. The molecule has 1 fully saturated rings. The monoisotopic (exact) mass is 680 g/mol. The molecule has 0 saturated carbocycles. The summed E-state index contributed by atoms with van der Waals surface area (Å²) in [5, 5.41) is 7.54. The Balaban J connectivity index is 1.42. The zero-order chi connectivity index (χ0) is 33.2. The highest BCUT2D eigenvalue weighted by molar-refractivity contribution is 7.80. The summed E-state index contributed by atoms with van der Waals surface area (Å²) in [7, 11) is -1.94. The summed E-state index contributed by atoms with van der Waals surface area (Å²) in [6.45, 7) is 4.62. The molecule has 0 N–H and O–H groups in total. The van der Waals surface area contributed by atoms with E-state index in [0.29, 0.717) is 13.2 Å². The highest BCUT2D eigenvalue weighted by atomic mass is 31.1. The molecular formula is C43H38O4P2. The van der Waals surface area contributed by atoms with Crippen LogP contribution < -0.4 is 41.3 Å². The van der Waals surface area contributed by atoms with Crippen LogP contribution in [-0.2, 0) is 9.47 Å². The maximum atomic E-state index is 6.89. The fraction of sp³-hybridized carbons (Fsp3) is 0.163. The molecule has 4 nitrogen and oxygen atoms in total. The molecule has 1 saturated heterocycles. The Morgan fingerprint density at radius 3 is 1.08 bits per heavy atom. The first-order valence-electron chi connectivity index (χ1n) is 16.7. The van der Waals surface area contributed by atoms with Crippen LogP contribution in [0.4, 0.5) is 0 Å². The second-order valence-electron chi connectivity index (χ2n) is 12.6. The fourth-order valence-electron chi connectivity index (χ4n) is 6.85. The Hall–Kier alpha value is -4.30. The van der Waals surface area contributed by atoms with E-state index < -0.39 is 21.6 Å². The van der Waals surface area contributed by atoms with E-state index in [0.717, 1.165) is 22.6 Å². The van der Waals surface area contributed by atoms with E-state index >= 15 is 0 Å². The summed E-state index contributed by atoms with van der Waals surface area (Å²) in [6.07, 6.45) is -0.543. The van der Waals surface area contributed by atoms with E-state index in [1.807, 2.05) is 13.8 Å². The molecule has 0 aliphatic carbocycles. The van der Waals surface area contributed by atoms with Gasteiger partial charge in [-0.15, -0.1) is 0 Å². The van der Waals surface area contributed by atoms with E-state index in [2.05, 4.69) is 158 Å². The van der Waals surface area contributed by atoms with Crippen LogP contribution in [0.2, 0.25) is 0 Å². The summed E-state index contributed by atoms with van der Waals surface area (Å²) in [6, 6.07) is 56.5. The van der Waals surface area contributed by atoms with Gasteiger partial charge in [0.05, 0.1) is 0 Å². The molecule has 8 rings (SSSR count). The van der Waals surface area contributed by atoms with Gasteiger partial charge in [0, 0.05) is 11.1 Å². The predicted octanol–water partition coefficient (Wildman–Crippen LogP) is 7.16. The van der Waals surface area contributed by atoms with Crippen molar-refractivity contribution in [2.45, 2.75) is 31.8 Å². The van der Waals surface area contributed by atoms with E-state index in [-0.39, 0.29) is 12.2 Å². The summed E-state index contributed by atoms with van der Waals surface area (Å²) < 4.78 is 26.5. The van der Waals surface area contributed by atoms with Crippen molar-refractivity contribution in [1.82, 2.24) is 0 Å². The van der Waals surface area contributed by atoms with Crippen LogP contribution in [-0.4, -0.2) is 31.2 Å². The van der Waals surface area contributed by atoms with Crippen LogP contribution in [0.3, 0.4) is 0 Å². The highest BCUT2D eigenvalue weighted by Crippen LogP contribution is 2.47. The minimum absolute atomic E-state index is 0.272. The number of fused-ring (bicyclic) bond motifs is 4. The molecule has 2 aliphatic rings. The van der Waals surface area contributed by atoms with Crippen molar-refractivity contribution in [3.63, 3.8) is 0 Å². The average molecular weight is 681 g/mol. The molecule has 0 unspecified atom stereocenters. The predicted molar refractivity (Wildman–Crippen MR) is 204 cm³/mol. The fourth-order valence-corrected chi connectivity index (χ4v) is 11.8. The van der Waals surface area contributed by atoms with Gasteiger partial charge in [-0.3, -0.25) is 0 Å². The number of hydrogen-bond donors (Lipinski definition) is 0. The smallest absolute Gasteiger partial charge is 0.164 e. The SMILES string of the molecule is CC1(C)O[C@H]2COc3cccc(P(c4ccccc4)c4ccccc4)c3-c3c(cccc3P(c3ccccc3)c3ccccc3)OC[C@@H]2O1. The minimum atomic E-state index is -0.972. The second-order valence-corrected chi connectivity index (χ2v) is 17.0. The minimum Gasteiger partial charge on any atom is -0.490 e. The van der Waals surface area contributed by atoms with Crippen molar-refractivity contribution in [2.24, 2.45) is 0 Å². The molecule has 2 heterocycles. The zero-order valence-electron chi connectivity index (χ0n) is 27.6. The zero-order valence-corrected chi connectivity index (χ0v) is 29.4. The molecule has 6 aromatic carbocycles. The van der Waals surface area contributed by atoms with Crippen LogP contribution >= 0.6 is 15.8 Å². The lowest BCUT2D eigenvalue weighted by Gasteiger charge is -2.30. The van der Waals surface area contributed by atoms with Gasteiger partial charge in [-0.2, -0.15) is 0 Å². The largest absolute Gasteiger partial charge is 0.490 e. The van der Waals surface area contributed by atoms with Crippen molar-refractivity contribution < 1.29 is 18.9 Å². The molecule has 0 radical (unpaired) electrons. The van der Waals surface area contributed by atoms with Gasteiger partial charge in [0.25, 0.3) is 0 Å². The molecule has 6 heteroatoms. The maximum Gasteiger partial charge on any atom is 0.164 e. The lowest BCUT2D eigenvalue weighted by molar-refractivity contribution is -0.150. The van der Waals surface area contributed by atoms with Crippen molar-refractivity contribution >= 4 is 47.7 Å². The lowest BCUT2D eigenvalue weighted by Crippen LogP contribution is -2.35. The molecule has 2 aliphatic heterocycles. The topological polar surface area (TPSA) is 36.9 Å². The van der Waals surface area contributed by atoms with Crippen LogP contribution in [0.5, 0.6) is 11.5 Å². The van der Waals surface area contributed by atoms with Gasteiger partial charge in [-0.05, 0) is 73.7 Å². The molecule has 244 valence electrons. The molecule has 0 spiro atoms. The Bertz CT molecular complexity index is 1790. The van der Waals surface area contributed by atoms with Crippen LogP contribution in [0.25, 0.3) is 11.1 Å². The first-order valence-corrected chi connectivity index (χ1v) is 19.4. The van der Waals surface area contributed by atoms with Crippen LogP contribution in [0.15, 0.2) is 158 Å². The number of benzene rings is 6. The van der Waals surface area contributed by atoms with Crippen molar-refractivity contribution in [3.05, 3.63) is 158 Å². The van der Waals surface area contributed by atoms with Gasteiger partial charge in [0.1, 0.15) is 36.9 Å². The van der Waals surface area contributed by atoms with Crippen LogP contribution in [0.1, 0.15) is 13.8 Å². The first kappa shape index (κ1) is 31.9. The molecule has 0 bridgehead atoms. The van der Waals surface area contributed by atoms with E-state index in [9.17, 15) is 0 Å². The van der Waals surface area contributed by atoms with Crippen molar-refractivity contribution in [1.29, 1.82) is 0 Å². The Kier molecular flexibility index (Phi) is 9.06. The van der Waals surface area contributed by atoms with Gasteiger partial charge >= 0.3 is 0 Å². The highest BCUT2D eigenvalue weighted by Gasteiger charge is 2.43. The number of ether oxygens (including phenoxy) is 4. The third kappa shape index (κ3) is 6.55. The maximum absolute atomic E-state index is 6.89. The Morgan fingerprint density at radius 2 is 0.755 bits per heavy atom. The van der Waals surface area contributed by atoms with E-state index in [1.54, 1.807) is 0 Å². The first-order chi connectivity index (χ1) is 24.1. The average Bonchev–Trinajstić information content (AvgIpc) is 3.45. The molecule has 0 amide bonds. The quantitative estimate of drug-likeness (QED) is 0.175. The summed E-state index contributed by atoms with van der Waals surface area (Å²) in [5.74, 6) is 0.911. The number of rotatable bonds is 6. The second kappa shape index (κ2) is 13.9. The van der Waals surface area contributed by atoms with Crippen LogP contribution in [0, 0.1) is 0 Å². The van der Waals surface area contributed by atoms with Gasteiger partial charge in [0.15, 0.2) is 5.79 Å². The van der Waals surface area contributed by atoms with Gasteiger partial charge in [-0.25, -0.2) is 0 Å². The van der Waals surface area contributed by atoms with Crippen molar-refractivity contribution in [3.8, 4) is 22.6 Å². The third-order valence-corrected chi connectivity index (χ3v) is 13.9. The van der Waals surface area contributed by atoms with E-state index in [1.165, 1.54) is 31.8 Å². The summed E-state index contributed by atoms with van der Waals surface area (Å²) in [5.41, 5.74) is 2.14. The van der Waals surface area contributed by atoms with Crippen molar-refractivity contribution in [2.75, 3.05) is 13.2 Å². The van der Waals surface area contributed by atoms with E-state index in [4.69, 9.17) is 18.9 Å². The molecule has 6 aromatic rings. The normalized spacial score (nSPS) is 18.1. The van der Waals surface area contributed by atoms with Gasteiger partial charge in [0.2, 0.25) is 0 Å². The summed E-state index contributed by atoms with van der Waals surface area (Å²) in [4.78, 5) is 0. The molecular weight excluding hydrogens is 642 g/mol. The Morgan fingerprint density at radius 1 is 0.429 bits per heavy atom. The molecule has 0 aromatic heterocycles. The standard InChI is InChI=1S/C43H38O4P2/c1-43(2)46-37-29-44-35-25-15-27-39(48(31-17-7-3-8-18-31)32-19-9-4-10-20-32)41(35)42-36(45-30-38(37)47-43)26-16-28-40(42)49(33-21-11-5-12-22-33)34-23-13-6-14-24-34/h3-28,37-38H,29-30H2,1-2H3/t37-,38-/m0/s1. The van der Waals surface area contributed by atoms with Gasteiger partial charge < -0.3 is 18.9 Å². The Labute approximate surface area is 291 Å². The lowest BCUT2D eigenvalue weighted by atomic mass is 10.0. The molecule has 49 heavy (non-hydrogen) atoms.